The van der Waals surface area contributed by atoms with Gasteiger partial charge in [-0.25, -0.2) is 0 Å². The summed E-state index contributed by atoms with van der Waals surface area (Å²) in [6.07, 6.45) is 4.51. The lowest BCUT2D eigenvalue weighted by molar-refractivity contribution is -0.156. The van der Waals surface area contributed by atoms with Crippen LogP contribution in [0.4, 0.5) is 0 Å². The quantitative estimate of drug-likeness (QED) is 0.321. The first kappa shape index (κ1) is 22.2. The number of oxime groups is 1. The molecule has 4 nitrogen and oxygen atoms in total. The van der Waals surface area contributed by atoms with Gasteiger partial charge in [-0.15, -0.1) is 0 Å². The molecule has 0 radical (unpaired) electrons. The number of nitrogens with zero attached hydrogens (tertiary/aromatic N) is 1. The van der Waals surface area contributed by atoms with E-state index in [1.165, 1.54) is 0 Å². The van der Waals surface area contributed by atoms with Crippen LogP contribution in [0, 0.1) is 11.3 Å². The summed E-state index contributed by atoms with van der Waals surface area (Å²) in [6.45, 7) is 12.1. The highest BCUT2D eigenvalue weighted by molar-refractivity contribution is 6.39. The number of halogens is 2. The Balaban J connectivity index is 2.29. The van der Waals surface area contributed by atoms with Gasteiger partial charge in [0.1, 0.15) is 6.61 Å². The van der Waals surface area contributed by atoms with E-state index in [9.17, 15) is 9.90 Å². The second-order valence-corrected chi connectivity index (χ2v) is 9.82. The Morgan fingerprint density at radius 1 is 1.41 bits per heavy atom. The molecule has 0 heterocycles. The Morgan fingerprint density at radius 3 is 2.69 bits per heavy atom. The van der Waals surface area contributed by atoms with Crippen molar-refractivity contribution < 1.29 is 14.7 Å². The van der Waals surface area contributed by atoms with Crippen LogP contribution < -0.4 is 0 Å². The fraction of sp³-hybridized carbons (Fsp3) is 0.565. The molecule has 0 aliphatic heterocycles. The minimum absolute atomic E-state index is 0.128. The lowest BCUT2D eigenvalue weighted by Crippen LogP contribution is -2.53. The molecular formula is C23H29Cl2NO3. The molecule has 0 aromatic heterocycles. The number of benzene rings is 1. The molecule has 0 amide bonds. The van der Waals surface area contributed by atoms with Gasteiger partial charge in [0.25, 0.3) is 0 Å². The summed E-state index contributed by atoms with van der Waals surface area (Å²) >= 11 is 13.6. The normalized spacial score (nSPS) is 30.0. The van der Waals surface area contributed by atoms with E-state index in [0.717, 1.165) is 29.5 Å². The Morgan fingerprint density at radius 2 is 2.10 bits per heavy atom. The number of hydrogen-bond donors (Lipinski definition) is 1. The van der Waals surface area contributed by atoms with Crippen molar-refractivity contribution in [3.05, 3.63) is 45.5 Å². The van der Waals surface area contributed by atoms with Crippen LogP contribution >= 0.6 is 23.2 Å². The van der Waals surface area contributed by atoms with Crippen molar-refractivity contribution in [3.63, 3.8) is 0 Å². The third-order valence-corrected chi connectivity index (χ3v) is 7.62. The Kier molecular flexibility index (Phi) is 6.08. The lowest BCUT2D eigenvalue weighted by Gasteiger charge is -2.53. The average molecular weight is 438 g/mol. The van der Waals surface area contributed by atoms with Crippen LogP contribution in [0.5, 0.6) is 0 Å². The van der Waals surface area contributed by atoms with Gasteiger partial charge in [-0.3, -0.25) is 4.79 Å². The standard InChI is InChI=1S/C23H29Cl2NO3/c1-6-10-29-26-16-12-17-22(4,8-7-9-23(17,5)21(27)28)14-11-15(24)18(13(2)3)20(25)19(14)16/h6,11,13,17H,1,7-10,12H2,2-5H3,(H,27,28)/b26-16+/t17-,22+,23-/m1/s1. The van der Waals surface area contributed by atoms with Crippen LogP contribution in [-0.2, 0) is 15.0 Å². The van der Waals surface area contributed by atoms with E-state index in [2.05, 4.69) is 32.5 Å². The summed E-state index contributed by atoms with van der Waals surface area (Å²) in [5.74, 6) is -0.743. The summed E-state index contributed by atoms with van der Waals surface area (Å²) < 4.78 is 0. The van der Waals surface area contributed by atoms with Crippen LogP contribution in [0.1, 0.15) is 76.0 Å². The molecule has 1 fully saturated rings. The maximum Gasteiger partial charge on any atom is 0.309 e. The van der Waals surface area contributed by atoms with Gasteiger partial charge >= 0.3 is 5.97 Å². The number of carbonyl (C=O) groups is 1. The van der Waals surface area contributed by atoms with Crippen LogP contribution in [0.2, 0.25) is 10.0 Å². The summed E-state index contributed by atoms with van der Waals surface area (Å²) in [4.78, 5) is 17.7. The van der Waals surface area contributed by atoms with Crippen molar-refractivity contribution >= 4 is 34.9 Å². The van der Waals surface area contributed by atoms with Crippen molar-refractivity contribution in [2.45, 2.75) is 64.7 Å². The van der Waals surface area contributed by atoms with Crippen molar-refractivity contribution in [1.82, 2.24) is 0 Å². The Bertz CT molecular complexity index is 879. The molecule has 6 heteroatoms. The highest BCUT2D eigenvalue weighted by atomic mass is 35.5. The molecule has 1 aromatic rings. The van der Waals surface area contributed by atoms with E-state index in [-0.39, 0.29) is 23.9 Å². The number of aliphatic carboxylic acids is 1. The van der Waals surface area contributed by atoms with Crippen LogP contribution in [0.25, 0.3) is 0 Å². The largest absolute Gasteiger partial charge is 0.481 e. The first-order valence-corrected chi connectivity index (χ1v) is 10.9. The van der Waals surface area contributed by atoms with Crippen LogP contribution in [-0.4, -0.2) is 23.4 Å². The molecule has 1 aromatic carbocycles. The molecule has 1 N–H and O–H groups in total. The zero-order valence-electron chi connectivity index (χ0n) is 17.5. The van der Waals surface area contributed by atoms with Gasteiger partial charge in [-0.05, 0) is 60.6 Å². The van der Waals surface area contributed by atoms with Crippen molar-refractivity contribution in [2.75, 3.05) is 6.61 Å². The molecule has 1 saturated carbocycles. The maximum absolute atomic E-state index is 12.3. The number of rotatable bonds is 5. The van der Waals surface area contributed by atoms with E-state index in [1.54, 1.807) is 6.08 Å². The third-order valence-electron chi connectivity index (χ3n) is 6.92. The van der Waals surface area contributed by atoms with E-state index in [1.807, 2.05) is 13.0 Å². The van der Waals surface area contributed by atoms with Crippen molar-refractivity contribution in [1.29, 1.82) is 0 Å². The van der Waals surface area contributed by atoms with E-state index in [4.69, 9.17) is 28.0 Å². The van der Waals surface area contributed by atoms with Gasteiger partial charge in [0.05, 0.1) is 16.1 Å². The molecule has 0 spiro atoms. The SMILES string of the molecule is C=CCO/N=C1\C[C@H]2[C@](C)(C(=O)O)CCC[C@@]2(C)c2cc(Cl)c(C(C)C)c(Cl)c21. The van der Waals surface area contributed by atoms with Gasteiger partial charge in [-0.2, -0.15) is 0 Å². The van der Waals surface area contributed by atoms with Gasteiger partial charge in [0, 0.05) is 10.6 Å². The zero-order chi connectivity index (χ0) is 21.6. The smallest absolute Gasteiger partial charge is 0.309 e. The second kappa shape index (κ2) is 7.96. The van der Waals surface area contributed by atoms with Crippen LogP contribution in [0.3, 0.4) is 0 Å². The Hall–Kier alpha value is -1.52. The number of hydrogen-bond acceptors (Lipinski definition) is 3. The first-order valence-electron chi connectivity index (χ1n) is 10.1. The Labute approximate surface area is 182 Å². The topological polar surface area (TPSA) is 58.9 Å². The van der Waals surface area contributed by atoms with Gasteiger partial charge in [0.15, 0.2) is 0 Å². The molecule has 3 atom stereocenters. The molecular weight excluding hydrogens is 409 g/mol. The summed E-state index contributed by atoms with van der Waals surface area (Å²) in [6, 6.07) is 1.99. The van der Waals surface area contributed by atoms with E-state index < -0.39 is 11.4 Å². The molecule has 2 aliphatic carbocycles. The predicted octanol–water partition coefficient (Wildman–Crippen LogP) is 6.58. The van der Waals surface area contributed by atoms with Crippen LogP contribution in [0.15, 0.2) is 23.9 Å². The molecule has 29 heavy (non-hydrogen) atoms. The highest BCUT2D eigenvalue weighted by Gasteiger charge is 2.57. The lowest BCUT2D eigenvalue weighted by atomic mass is 9.49. The van der Waals surface area contributed by atoms with Crippen molar-refractivity contribution in [3.8, 4) is 0 Å². The molecule has 158 valence electrons. The number of carboxylic acids is 1. The molecule has 3 rings (SSSR count). The zero-order valence-corrected chi connectivity index (χ0v) is 19.0. The molecule has 0 unspecified atom stereocenters. The van der Waals surface area contributed by atoms with E-state index in [0.29, 0.717) is 28.6 Å². The molecule has 0 saturated heterocycles. The summed E-state index contributed by atoms with van der Waals surface area (Å²) in [5, 5.41) is 15.7. The second-order valence-electron chi connectivity index (χ2n) is 9.04. The fourth-order valence-corrected chi connectivity index (χ4v) is 6.35. The number of fused-ring (bicyclic) bond motifs is 3. The average Bonchev–Trinajstić information content (AvgIpc) is 2.62. The number of carboxylic acid groups (broad SMARTS) is 1. The maximum atomic E-state index is 12.3. The minimum atomic E-state index is -0.848. The first-order chi connectivity index (χ1) is 13.6. The summed E-state index contributed by atoms with van der Waals surface area (Å²) in [5.41, 5.74) is 2.24. The van der Waals surface area contributed by atoms with Crippen molar-refractivity contribution in [2.24, 2.45) is 16.5 Å². The predicted molar refractivity (Wildman–Crippen MR) is 118 cm³/mol. The van der Waals surface area contributed by atoms with E-state index >= 15 is 0 Å². The molecule has 0 bridgehead atoms. The minimum Gasteiger partial charge on any atom is -0.481 e. The van der Waals surface area contributed by atoms with Gasteiger partial charge < -0.3 is 9.94 Å². The fourth-order valence-electron chi connectivity index (χ4n) is 5.35. The third kappa shape index (κ3) is 3.48. The highest BCUT2D eigenvalue weighted by Crippen LogP contribution is 2.59. The van der Waals surface area contributed by atoms with Gasteiger partial charge in [-0.1, -0.05) is 68.2 Å². The monoisotopic (exact) mass is 437 g/mol. The molecule has 2 aliphatic rings. The van der Waals surface area contributed by atoms with Gasteiger partial charge in [0.2, 0.25) is 0 Å². The summed E-state index contributed by atoms with van der Waals surface area (Å²) in [7, 11) is 0.